The molecule has 0 aliphatic heterocycles. The van der Waals surface area contributed by atoms with Gasteiger partial charge in [0.15, 0.2) is 0 Å². The monoisotopic (exact) mass is 322 g/mol. The van der Waals surface area contributed by atoms with Crippen molar-refractivity contribution in [3.8, 4) is 5.75 Å². The van der Waals surface area contributed by atoms with E-state index in [2.05, 4.69) is 15.9 Å². The van der Waals surface area contributed by atoms with Gasteiger partial charge in [-0.25, -0.2) is 4.39 Å². The number of nitrogen functional groups attached to an aromatic ring is 1. The third-order valence-electron chi connectivity index (χ3n) is 2.56. The molecule has 5 heteroatoms. The van der Waals surface area contributed by atoms with Crippen LogP contribution in [0.25, 0.3) is 0 Å². The van der Waals surface area contributed by atoms with E-state index in [0.717, 1.165) is 5.56 Å². The van der Waals surface area contributed by atoms with Crippen LogP contribution >= 0.6 is 15.9 Å². The molecule has 0 amide bonds. The van der Waals surface area contributed by atoms with Gasteiger partial charge in [-0.05, 0) is 45.8 Å². The van der Waals surface area contributed by atoms with Crippen molar-refractivity contribution in [2.45, 2.75) is 6.61 Å². The molecule has 0 aromatic heterocycles. The topological polar surface area (TPSA) is 59.1 Å². The lowest BCUT2D eigenvalue weighted by Crippen LogP contribution is -2.13. The van der Waals surface area contributed by atoms with Crippen LogP contribution in [-0.4, -0.2) is 5.84 Å². The van der Waals surface area contributed by atoms with Gasteiger partial charge in [0.1, 0.15) is 24.0 Å². The van der Waals surface area contributed by atoms with Crippen LogP contribution in [0.4, 0.5) is 4.39 Å². The SMILES string of the molecule is N=C(N)c1ccccc1OCc1ccc(F)c(Br)c1. The summed E-state index contributed by atoms with van der Waals surface area (Å²) < 4.78 is 19.1. The molecule has 2 aromatic rings. The second kappa shape index (κ2) is 5.84. The number of nitrogens with one attached hydrogen (secondary N) is 1. The van der Waals surface area contributed by atoms with Gasteiger partial charge in [0.25, 0.3) is 0 Å². The summed E-state index contributed by atoms with van der Waals surface area (Å²) in [5, 5.41) is 7.46. The van der Waals surface area contributed by atoms with Crippen LogP contribution in [-0.2, 0) is 6.61 Å². The zero-order chi connectivity index (χ0) is 13.8. The van der Waals surface area contributed by atoms with Gasteiger partial charge in [-0.2, -0.15) is 0 Å². The van der Waals surface area contributed by atoms with Crippen LogP contribution in [0.3, 0.4) is 0 Å². The van der Waals surface area contributed by atoms with E-state index in [-0.39, 0.29) is 18.3 Å². The Kier molecular flexibility index (Phi) is 4.16. The van der Waals surface area contributed by atoms with Crippen LogP contribution < -0.4 is 10.5 Å². The first-order valence-corrected chi connectivity index (χ1v) is 6.37. The summed E-state index contributed by atoms with van der Waals surface area (Å²) in [6, 6.07) is 11.7. The van der Waals surface area contributed by atoms with Gasteiger partial charge in [0.2, 0.25) is 0 Å². The summed E-state index contributed by atoms with van der Waals surface area (Å²) in [4.78, 5) is 0. The molecule has 0 fully saturated rings. The highest BCUT2D eigenvalue weighted by Crippen LogP contribution is 2.21. The van der Waals surface area contributed by atoms with Crippen molar-refractivity contribution in [1.82, 2.24) is 0 Å². The molecule has 0 unspecified atom stereocenters. The number of amidine groups is 1. The smallest absolute Gasteiger partial charge is 0.137 e. The molecular formula is C14H12BrFN2O. The van der Waals surface area contributed by atoms with E-state index < -0.39 is 0 Å². The highest BCUT2D eigenvalue weighted by Gasteiger charge is 2.06. The van der Waals surface area contributed by atoms with Crippen LogP contribution in [0.15, 0.2) is 46.9 Å². The average molecular weight is 323 g/mol. The maximum Gasteiger partial charge on any atom is 0.137 e. The van der Waals surface area contributed by atoms with E-state index >= 15 is 0 Å². The summed E-state index contributed by atoms with van der Waals surface area (Å²) >= 11 is 3.13. The molecule has 0 spiro atoms. The number of halogens is 2. The Morgan fingerprint density at radius 3 is 2.68 bits per heavy atom. The van der Waals surface area contributed by atoms with Crippen molar-refractivity contribution in [2.75, 3.05) is 0 Å². The number of nitrogens with two attached hydrogens (primary N) is 1. The van der Waals surface area contributed by atoms with Crippen molar-refractivity contribution in [2.24, 2.45) is 5.73 Å². The molecule has 98 valence electrons. The van der Waals surface area contributed by atoms with Crippen LogP contribution in [0.2, 0.25) is 0 Å². The summed E-state index contributed by atoms with van der Waals surface area (Å²) in [7, 11) is 0. The third-order valence-corrected chi connectivity index (χ3v) is 3.16. The van der Waals surface area contributed by atoms with Gasteiger partial charge in [0, 0.05) is 0 Å². The maximum atomic E-state index is 13.1. The first-order chi connectivity index (χ1) is 9.08. The number of benzene rings is 2. The van der Waals surface area contributed by atoms with Gasteiger partial charge >= 0.3 is 0 Å². The van der Waals surface area contributed by atoms with E-state index in [1.165, 1.54) is 6.07 Å². The minimum atomic E-state index is -0.312. The lowest BCUT2D eigenvalue weighted by Gasteiger charge is -2.10. The number of ether oxygens (including phenoxy) is 1. The molecule has 0 saturated heterocycles. The fourth-order valence-electron chi connectivity index (χ4n) is 1.61. The molecule has 19 heavy (non-hydrogen) atoms. The largest absolute Gasteiger partial charge is 0.488 e. The second-order valence-electron chi connectivity index (χ2n) is 3.95. The van der Waals surface area contributed by atoms with Crippen LogP contribution in [0.1, 0.15) is 11.1 Å². The highest BCUT2D eigenvalue weighted by molar-refractivity contribution is 9.10. The van der Waals surface area contributed by atoms with Gasteiger partial charge in [-0.1, -0.05) is 18.2 Å². The summed E-state index contributed by atoms with van der Waals surface area (Å²) in [5.41, 5.74) is 6.84. The zero-order valence-corrected chi connectivity index (χ0v) is 11.6. The predicted molar refractivity (Wildman–Crippen MR) is 75.9 cm³/mol. The predicted octanol–water partition coefficient (Wildman–Crippen LogP) is 3.45. The van der Waals surface area contributed by atoms with E-state index in [1.807, 2.05) is 6.07 Å². The minimum absolute atomic E-state index is 0.0455. The molecule has 0 aliphatic rings. The second-order valence-corrected chi connectivity index (χ2v) is 4.80. The van der Waals surface area contributed by atoms with E-state index in [1.54, 1.807) is 30.3 Å². The van der Waals surface area contributed by atoms with E-state index in [0.29, 0.717) is 15.8 Å². The molecule has 3 nitrogen and oxygen atoms in total. The van der Waals surface area contributed by atoms with Crippen molar-refractivity contribution in [3.63, 3.8) is 0 Å². The average Bonchev–Trinajstić information content (AvgIpc) is 2.40. The van der Waals surface area contributed by atoms with Crippen molar-refractivity contribution in [1.29, 1.82) is 5.41 Å². The summed E-state index contributed by atoms with van der Waals surface area (Å²) in [5.74, 6) is 0.180. The maximum absolute atomic E-state index is 13.1. The van der Waals surface area contributed by atoms with E-state index in [9.17, 15) is 4.39 Å². The molecule has 3 N–H and O–H groups in total. The fourth-order valence-corrected chi connectivity index (χ4v) is 2.03. The molecule has 2 rings (SSSR count). The van der Waals surface area contributed by atoms with Crippen LogP contribution in [0.5, 0.6) is 5.75 Å². The van der Waals surface area contributed by atoms with Gasteiger partial charge in [-0.15, -0.1) is 0 Å². The number of hydrogen-bond acceptors (Lipinski definition) is 2. The zero-order valence-electron chi connectivity index (χ0n) is 9.99. The Labute approximate surface area is 118 Å². The van der Waals surface area contributed by atoms with Crippen molar-refractivity contribution in [3.05, 3.63) is 63.9 Å². The summed E-state index contributed by atoms with van der Waals surface area (Å²) in [6.45, 7) is 0.281. The van der Waals surface area contributed by atoms with Gasteiger partial charge in [-0.3, -0.25) is 5.41 Å². The molecule has 0 radical (unpaired) electrons. The van der Waals surface area contributed by atoms with Crippen LogP contribution in [0, 0.1) is 11.2 Å². The van der Waals surface area contributed by atoms with Crippen molar-refractivity contribution >= 4 is 21.8 Å². The van der Waals surface area contributed by atoms with E-state index in [4.69, 9.17) is 15.9 Å². The Bertz CT molecular complexity index is 616. The van der Waals surface area contributed by atoms with Gasteiger partial charge < -0.3 is 10.5 Å². The Hall–Kier alpha value is -1.88. The molecule has 0 atom stereocenters. The standard InChI is InChI=1S/C14H12BrFN2O/c15-11-7-9(5-6-12(11)16)8-19-13-4-2-1-3-10(13)14(17)18/h1-7H,8H2,(H3,17,18). The molecule has 2 aromatic carbocycles. The third kappa shape index (κ3) is 3.32. The number of hydrogen-bond donors (Lipinski definition) is 2. The lowest BCUT2D eigenvalue weighted by molar-refractivity contribution is 0.305. The Morgan fingerprint density at radius 1 is 1.26 bits per heavy atom. The van der Waals surface area contributed by atoms with Gasteiger partial charge in [0.05, 0.1) is 10.0 Å². The first-order valence-electron chi connectivity index (χ1n) is 5.58. The molecular weight excluding hydrogens is 311 g/mol. The minimum Gasteiger partial charge on any atom is -0.488 e. The van der Waals surface area contributed by atoms with Crippen molar-refractivity contribution < 1.29 is 9.13 Å². The highest BCUT2D eigenvalue weighted by atomic mass is 79.9. The lowest BCUT2D eigenvalue weighted by atomic mass is 10.2. The molecule has 0 bridgehead atoms. The first kappa shape index (κ1) is 13.5. The Balaban J connectivity index is 2.14. The number of rotatable bonds is 4. The summed E-state index contributed by atoms with van der Waals surface area (Å²) in [6.07, 6.45) is 0. The Morgan fingerprint density at radius 2 is 2.00 bits per heavy atom. The fraction of sp³-hybridized carbons (Fsp3) is 0.0714. The molecule has 0 saturated carbocycles. The normalized spacial score (nSPS) is 10.2. The molecule has 0 aliphatic carbocycles. The quantitative estimate of drug-likeness (QED) is 0.669. The molecule has 0 heterocycles. The number of para-hydroxylation sites is 1.